The highest BCUT2D eigenvalue weighted by atomic mass is 32.2. The number of hydrogen-bond donors (Lipinski definition) is 1. The van der Waals surface area contributed by atoms with Crippen molar-refractivity contribution in [2.45, 2.75) is 51.1 Å². The van der Waals surface area contributed by atoms with Crippen molar-refractivity contribution in [3.05, 3.63) is 0 Å². The summed E-state index contributed by atoms with van der Waals surface area (Å²) in [6.45, 7) is 6.30. The van der Waals surface area contributed by atoms with E-state index >= 15 is 0 Å². The Morgan fingerprint density at radius 3 is 2.61 bits per heavy atom. The van der Waals surface area contributed by atoms with Gasteiger partial charge < -0.3 is 5.32 Å². The molecule has 0 spiro atoms. The maximum atomic E-state index is 3.80. The van der Waals surface area contributed by atoms with Gasteiger partial charge in [0.15, 0.2) is 0 Å². The van der Waals surface area contributed by atoms with E-state index in [0.717, 1.165) is 23.9 Å². The second kappa shape index (κ2) is 6.15. The van der Waals surface area contributed by atoms with Crippen molar-refractivity contribution in [2.75, 3.05) is 31.1 Å². The quantitative estimate of drug-likeness (QED) is 0.844. The molecule has 2 aliphatic heterocycles. The molecule has 104 valence electrons. The summed E-state index contributed by atoms with van der Waals surface area (Å²) in [4.78, 5) is 2.83. The lowest BCUT2D eigenvalue weighted by molar-refractivity contribution is 0.0981. The molecule has 1 aliphatic carbocycles. The third-order valence-electron chi connectivity index (χ3n) is 5.06. The highest BCUT2D eigenvalue weighted by molar-refractivity contribution is 7.99. The van der Waals surface area contributed by atoms with E-state index in [1.165, 1.54) is 63.2 Å². The van der Waals surface area contributed by atoms with Crippen LogP contribution in [0.1, 0.15) is 39.0 Å². The third-order valence-corrected chi connectivity index (χ3v) is 6.11. The minimum Gasteiger partial charge on any atom is -0.311 e. The average Bonchev–Trinajstić information content (AvgIpc) is 3.24. The summed E-state index contributed by atoms with van der Waals surface area (Å²) in [6, 6.07) is 1.61. The highest BCUT2D eigenvalue weighted by Gasteiger charge is 2.37. The molecule has 0 aromatic carbocycles. The van der Waals surface area contributed by atoms with Gasteiger partial charge in [-0.1, -0.05) is 6.92 Å². The van der Waals surface area contributed by atoms with Gasteiger partial charge in [-0.05, 0) is 55.4 Å². The average molecular weight is 268 g/mol. The molecule has 3 heteroatoms. The smallest absolute Gasteiger partial charge is 0.0224 e. The molecular formula is C15H28N2S. The standard InChI is InChI=1S/C15H28N2S/c1-2-14-9-16-15(13-3-4-13)11-17(14)10-12-5-7-18-8-6-12/h12-16H,2-11H2,1H3. The molecule has 3 fully saturated rings. The maximum absolute atomic E-state index is 3.80. The molecule has 3 rings (SSSR count). The second-order valence-corrected chi connectivity index (χ2v) is 7.65. The molecule has 1 N–H and O–H groups in total. The minimum atomic E-state index is 0.801. The fourth-order valence-electron chi connectivity index (χ4n) is 3.58. The van der Waals surface area contributed by atoms with Gasteiger partial charge in [0.25, 0.3) is 0 Å². The monoisotopic (exact) mass is 268 g/mol. The van der Waals surface area contributed by atoms with E-state index in [4.69, 9.17) is 0 Å². The van der Waals surface area contributed by atoms with Gasteiger partial charge in [-0.15, -0.1) is 0 Å². The summed E-state index contributed by atoms with van der Waals surface area (Å²) < 4.78 is 0. The lowest BCUT2D eigenvalue weighted by atomic mass is 9.97. The Hall–Kier alpha value is 0.270. The highest BCUT2D eigenvalue weighted by Crippen LogP contribution is 2.35. The van der Waals surface area contributed by atoms with Crippen LogP contribution in [0.4, 0.5) is 0 Å². The molecule has 0 amide bonds. The van der Waals surface area contributed by atoms with E-state index in [0.29, 0.717) is 0 Å². The zero-order valence-electron chi connectivity index (χ0n) is 11.7. The summed E-state index contributed by atoms with van der Waals surface area (Å²) in [5.74, 6) is 4.80. The van der Waals surface area contributed by atoms with Gasteiger partial charge in [-0.2, -0.15) is 11.8 Å². The molecule has 2 atom stereocenters. The normalized spacial score (nSPS) is 35.8. The molecule has 2 nitrogen and oxygen atoms in total. The molecule has 0 aromatic rings. The first-order valence-corrected chi connectivity index (χ1v) is 9.07. The number of nitrogens with one attached hydrogen (secondary N) is 1. The molecule has 0 aromatic heterocycles. The Balaban J connectivity index is 1.55. The van der Waals surface area contributed by atoms with Crippen LogP contribution in [0.2, 0.25) is 0 Å². The third kappa shape index (κ3) is 3.23. The number of piperazine rings is 1. The Morgan fingerprint density at radius 1 is 1.17 bits per heavy atom. The SMILES string of the molecule is CCC1CNC(C2CC2)CN1CC1CCSCC1. The van der Waals surface area contributed by atoms with Gasteiger partial charge in [-0.25, -0.2) is 0 Å². The van der Waals surface area contributed by atoms with Crippen molar-refractivity contribution in [3.63, 3.8) is 0 Å². The van der Waals surface area contributed by atoms with Crippen LogP contribution in [0.5, 0.6) is 0 Å². The van der Waals surface area contributed by atoms with Crippen LogP contribution in [0.15, 0.2) is 0 Å². The first-order chi connectivity index (χ1) is 8.86. The summed E-state index contributed by atoms with van der Waals surface area (Å²) in [5.41, 5.74) is 0. The fourth-order valence-corrected chi connectivity index (χ4v) is 4.79. The first-order valence-electron chi connectivity index (χ1n) is 7.92. The van der Waals surface area contributed by atoms with E-state index in [1.54, 1.807) is 0 Å². The Morgan fingerprint density at radius 2 is 1.94 bits per heavy atom. The van der Waals surface area contributed by atoms with E-state index in [9.17, 15) is 0 Å². The topological polar surface area (TPSA) is 15.3 Å². The summed E-state index contributed by atoms with van der Waals surface area (Å²) in [5, 5.41) is 3.80. The Labute approximate surface area is 116 Å². The van der Waals surface area contributed by atoms with Gasteiger partial charge in [-0.3, -0.25) is 4.90 Å². The van der Waals surface area contributed by atoms with Gasteiger partial charge >= 0.3 is 0 Å². The second-order valence-electron chi connectivity index (χ2n) is 6.42. The first kappa shape index (κ1) is 13.3. The van der Waals surface area contributed by atoms with Gasteiger partial charge in [0, 0.05) is 31.7 Å². The zero-order valence-corrected chi connectivity index (χ0v) is 12.6. The van der Waals surface area contributed by atoms with Crippen molar-refractivity contribution < 1.29 is 0 Å². The number of nitrogens with zero attached hydrogens (tertiary/aromatic N) is 1. The largest absolute Gasteiger partial charge is 0.311 e. The predicted molar refractivity (Wildman–Crippen MR) is 80.2 cm³/mol. The van der Waals surface area contributed by atoms with Crippen molar-refractivity contribution in [3.8, 4) is 0 Å². The van der Waals surface area contributed by atoms with Crippen LogP contribution in [0, 0.1) is 11.8 Å². The lowest BCUT2D eigenvalue weighted by Crippen LogP contribution is -2.58. The minimum absolute atomic E-state index is 0.801. The fraction of sp³-hybridized carbons (Fsp3) is 1.00. The van der Waals surface area contributed by atoms with E-state index < -0.39 is 0 Å². The van der Waals surface area contributed by atoms with Crippen molar-refractivity contribution in [1.82, 2.24) is 10.2 Å². The van der Waals surface area contributed by atoms with Crippen LogP contribution < -0.4 is 5.32 Å². The van der Waals surface area contributed by atoms with Gasteiger partial charge in [0.05, 0.1) is 0 Å². The van der Waals surface area contributed by atoms with Crippen molar-refractivity contribution in [1.29, 1.82) is 0 Å². The summed E-state index contributed by atoms with van der Waals surface area (Å²) in [6.07, 6.45) is 7.18. The van der Waals surface area contributed by atoms with Gasteiger partial charge in [0.1, 0.15) is 0 Å². The number of hydrogen-bond acceptors (Lipinski definition) is 3. The van der Waals surface area contributed by atoms with Crippen LogP contribution in [-0.2, 0) is 0 Å². The molecule has 2 unspecified atom stereocenters. The van der Waals surface area contributed by atoms with Gasteiger partial charge in [0.2, 0.25) is 0 Å². The van der Waals surface area contributed by atoms with E-state index in [-0.39, 0.29) is 0 Å². The maximum Gasteiger partial charge on any atom is 0.0224 e. The molecular weight excluding hydrogens is 240 g/mol. The van der Waals surface area contributed by atoms with Crippen LogP contribution in [0.3, 0.4) is 0 Å². The number of thioether (sulfide) groups is 1. The molecule has 1 saturated carbocycles. The van der Waals surface area contributed by atoms with Crippen LogP contribution in [0.25, 0.3) is 0 Å². The van der Waals surface area contributed by atoms with Crippen molar-refractivity contribution in [2.24, 2.45) is 11.8 Å². The van der Waals surface area contributed by atoms with Crippen LogP contribution in [-0.4, -0.2) is 48.1 Å². The molecule has 0 radical (unpaired) electrons. The predicted octanol–water partition coefficient (Wildman–Crippen LogP) is 2.59. The molecule has 0 bridgehead atoms. The molecule has 2 saturated heterocycles. The van der Waals surface area contributed by atoms with E-state index in [1.807, 2.05) is 0 Å². The summed E-state index contributed by atoms with van der Waals surface area (Å²) in [7, 11) is 0. The summed E-state index contributed by atoms with van der Waals surface area (Å²) >= 11 is 2.15. The van der Waals surface area contributed by atoms with Crippen molar-refractivity contribution >= 4 is 11.8 Å². The van der Waals surface area contributed by atoms with E-state index in [2.05, 4.69) is 28.9 Å². The number of rotatable bonds is 4. The molecule has 3 aliphatic rings. The molecule has 2 heterocycles. The Kier molecular flexibility index (Phi) is 4.53. The van der Waals surface area contributed by atoms with Crippen LogP contribution >= 0.6 is 11.8 Å². The lowest BCUT2D eigenvalue weighted by Gasteiger charge is -2.42. The zero-order chi connectivity index (χ0) is 12.4. The Bertz CT molecular complexity index is 261. The molecule has 18 heavy (non-hydrogen) atoms.